The minimum absolute atomic E-state index is 0.0154. The highest BCUT2D eigenvalue weighted by atomic mass is 19.2. The first-order chi connectivity index (χ1) is 23.1. The molecule has 48 heavy (non-hydrogen) atoms. The lowest BCUT2D eigenvalue weighted by atomic mass is 9.93. The Bertz CT molecular complexity index is 1990. The summed E-state index contributed by atoms with van der Waals surface area (Å²) in [7, 11) is 0. The topological polar surface area (TPSA) is 92.4 Å². The number of anilines is 2. The maximum Gasteiger partial charge on any atom is 0.319 e. The number of terminal acetylenes is 1. The van der Waals surface area contributed by atoms with Gasteiger partial charge in [0, 0.05) is 16.6 Å². The van der Waals surface area contributed by atoms with Gasteiger partial charge in [0.05, 0.1) is 34.8 Å². The Hall–Kier alpha value is -4.21. The van der Waals surface area contributed by atoms with Crippen molar-refractivity contribution in [1.82, 2.24) is 25.2 Å². The Labute approximate surface area is 276 Å². The molecule has 0 radical (unpaired) electrons. The maximum absolute atomic E-state index is 17.2. The van der Waals surface area contributed by atoms with Gasteiger partial charge in [0.25, 0.3) is 0 Å². The standard InChI is InChI=1S/C36H37F4N7O/c1-3-22-24(37)11-10-20-16-21(41)17-23(27(20)22)30-29(38)31-28-25(42-30)8-5-9-26-32(39)45-36(40,4-2)18-47(26)33(28)44-34(43-31)48-19-35-12-6-14-46(35)15-7-13-35/h1,10-11,16-17,26,32,45H,4-9,12-15,18-19,41H2,2H3/t26?,32?,36-/m1/s1. The fourth-order valence-corrected chi connectivity index (χ4v) is 8.45. The van der Waals surface area contributed by atoms with Gasteiger partial charge in [-0.15, -0.1) is 6.42 Å². The minimum atomic E-state index is -2.04. The number of ether oxygens (including phenoxy) is 1. The smallest absolute Gasteiger partial charge is 0.319 e. The van der Waals surface area contributed by atoms with E-state index in [0.717, 1.165) is 38.8 Å². The molecule has 3 N–H and O–H groups in total. The molecular formula is C36H37F4N7O. The molecule has 0 bridgehead atoms. The Morgan fingerprint density at radius 2 is 1.90 bits per heavy atom. The molecule has 250 valence electrons. The van der Waals surface area contributed by atoms with Crippen LogP contribution in [0.15, 0.2) is 24.3 Å². The molecule has 4 aliphatic rings. The van der Waals surface area contributed by atoms with E-state index in [1.54, 1.807) is 24.0 Å². The predicted molar refractivity (Wildman–Crippen MR) is 177 cm³/mol. The number of nitrogen functional groups attached to an aromatic ring is 1. The Kier molecular flexibility index (Phi) is 7.41. The molecule has 0 amide bonds. The van der Waals surface area contributed by atoms with Crippen molar-refractivity contribution < 1.29 is 22.3 Å². The number of pyridine rings is 1. The number of hydrogen-bond acceptors (Lipinski definition) is 8. The van der Waals surface area contributed by atoms with Crippen molar-refractivity contribution >= 4 is 33.2 Å². The van der Waals surface area contributed by atoms with Gasteiger partial charge in [0.2, 0.25) is 0 Å². The Balaban J connectivity index is 1.37. The SMILES string of the molecule is C#Cc1c(F)ccc2cc(N)cc(-c3nc4c5c(nc(OCC67CCCN6CCC7)nc5c3F)N3C[C@@](F)(CC)NC(F)C3CCC4)c12. The van der Waals surface area contributed by atoms with Crippen LogP contribution in [0.5, 0.6) is 6.01 Å². The second-order valence-corrected chi connectivity index (χ2v) is 13.7. The van der Waals surface area contributed by atoms with Gasteiger partial charge >= 0.3 is 6.01 Å². The summed E-state index contributed by atoms with van der Waals surface area (Å²) in [6.07, 6.45) is 9.36. The van der Waals surface area contributed by atoms with Gasteiger partial charge < -0.3 is 15.4 Å². The van der Waals surface area contributed by atoms with Crippen molar-refractivity contribution in [3.05, 3.63) is 47.2 Å². The van der Waals surface area contributed by atoms with Gasteiger partial charge in [-0.3, -0.25) is 10.2 Å². The summed E-state index contributed by atoms with van der Waals surface area (Å²) in [5.41, 5.74) is 6.90. The lowest BCUT2D eigenvalue weighted by molar-refractivity contribution is 0.0175. The lowest BCUT2D eigenvalue weighted by Crippen LogP contribution is -2.66. The average molecular weight is 660 g/mol. The van der Waals surface area contributed by atoms with Crippen molar-refractivity contribution in [1.29, 1.82) is 0 Å². The van der Waals surface area contributed by atoms with E-state index < -0.39 is 29.8 Å². The van der Waals surface area contributed by atoms with E-state index >= 15 is 17.6 Å². The highest BCUT2D eigenvalue weighted by Crippen LogP contribution is 2.44. The second kappa shape index (κ2) is 11.4. The number of fused-ring (bicyclic) bond motifs is 4. The first kappa shape index (κ1) is 31.1. The number of piperazine rings is 1. The minimum Gasteiger partial charge on any atom is -0.461 e. The van der Waals surface area contributed by atoms with Crippen LogP contribution in [0.1, 0.15) is 63.1 Å². The molecule has 12 heteroatoms. The molecular weight excluding hydrogens is 622 g/mol. The molecule has 0 spiro atoms. The third-order valence-electron chi connectivity index (χ3n) is 10.9. The van der Waals surface area contributed by atoms with Crippen LogP contribution in [-0.4, -0.2) is 69.8 Å². The van der Waals surface area contributed by atoms with Crippen LogP contribution in [0.4, 0.5) is 29.1 Å². The first-order valence-corrected chi connectivity index (χ1v) is 16.8. The van der Waals surface area contributed by atoms with Crippen molar-refractivity contribution in [2.75, 3.05) is 36.9 Å². The van der Waals surface area contributed by atoms with E-state index in [1.165, 1.54) is 12.1 Å². The second-order valence-electron chi connectivity index (χ2n) is 13.7. The number of hydrogen-bond donors (Lipinski definition) is 2. The van der Waals surface area contributed by atoms with Crippen molar-refractivity contribution in [2.45, 2.75) is 82.0 Å². The summed E-state index contributed by atoms with van der Waals surface area (Å²) < 4.78 is 70.2. The van der Waals surface area contributed by atoms with E-state index in [1.807, 2.05) is 0 Å². The van der Waals surface area contributed by atoms with Crippen LogP contribution in [0.3, 0.4) is 0 Å². The average Bonchev–Trinajstić information content (AvgIpc) is 3.65. The molecule has 3 atom stereocenters. The number of nitrogens with one attached hydrogen (secondary N) is 1. The van der Waals surface area contributed by atoms with E-state index in [-0.39, 0.29) is 58.1 Å². The van der Waals surface area contributed by atoms with E-state index in [9.17, 15) is 0 Å². The summed E-state index contributed by atoms with van der Waals surface area (Å²) >= 11 is 0. The van der Waals surface area contributed by atoms with Crippen LogP contribution in [0, 0.1) is 24.0 Å². The largest absolute Gasteiger partial charge is 0.461 e. The van der Waals surface area contributed by atoms with Crippen molar-refractivity contribution in [3.8, 4) is 29.6 Å². The summed E-state index contributed by atoms with van der Waals surface area (Å²) in [6.45, 7) is 3.74. The van der Waals surface area contributed by atoms with Crippen LogP contribution >= 0.6 is 0 Å². The molecule has 4 aliphatic heterocycles. The highest BCUT2D eigenvalue weighted by molar-refractivity contribution is 6.04. The van der Waals surface area contributed by atoms with Gasteiger partial charge in [0.15, 0.2) is 17.9 Å². The molecule has 2 aromatic heterocycles. The number of alkyl halides is 2. The number of aromatic nitrogens is 3. The molecule has 2 aromatic carbocycles. The van der Waals surface area contributed by atoms with E-state index in [0.29, 0.717) is 48.0 Å². The summed E-state index contributed by atoms with van der Waals surface area (Å²) in [5, 5.41) is 3.63. The van der Waals surface area contributed by atoms with Crippen molar-refractivity contribution in [2.24, 2.45) is 0 Å². The lowest BCUT2D eigenvalue weighted by Gasteiger charge is -2.46. The molecule has 8 nitrogen and oxygen atoms in total. The molecule has 3 fully saturated rings. The van der Waals surface area contributed by atoms with Gasteiger partial charge in [-0.1, -0.05) is 18.9 Å². The predicted octanol–water partition coefficient (Wildman–Crippen LogP) is 6.18. The molecule has 3 saturated heterocycles. The summed E-state index contributed by atoms with van der Waals surface area (Å²) in [4.78, 5) is 18.3. The van der Waals surface area contributed by atoms with Gasteiger partial charge in [0.1, 0.15) is 29.5 Å². The highest BCUT2D eigenvalue weighted by Gasteiger charge is 2.47. The fraction of sp³-hybridized carbons (Fsp3) is 0.472. The first-order valence-electron chi connectivity index (χ1n) is 16.8. The molecule has 8 rings (SSSR count). The maximum atomic E-state index is 17.2. The van der Waals surface area contributed by atoms with Crippen LogP contribution < -0.4 is 20.7 Å². The van der Waals surface area contributed by atoms with Gasteiger partial charge in [-0.05, 0) is 88.0 Å². The summed E-state index contributed by atoms with van der Waals surface area (Å²) in [5.74, 6) is -0.881. The monoisotopic (exact) mass is 659 g/mol. The number of benzene rings is 2. The van der Waals surface area contributed by atoms with Crippen LogP contribution in [-0.2, 0) is 6.42 Å². The summed E-state index contributed by atoms with van der Waals surface area (Å²) in [6, 6.07) is 5.15. The third-order valence-corrected chi connectivity index (χ3v) is 10.9. The zero-order valence-electron chi connectivity index (χ0n) is 26.8. The number of nitrogens with two attached hydrogens (primary N) is 1. The zero-order chi connectivity index (χ0) is 33.4. The van der Waals surface area contributed by atoms with Crippen LogP contribution in [0.2, 0.25) is 0 Å². The molecule has 0 aliphatic carbocycles. The number of aryl methyl sites for hydroxylation is 1. The number of nitrogens with zero attached hydrogens (tertiary/aromatic N) is 5. The quantitative estimate of drug-likeness (QED) is 0.114. The third kappa shape index (κ3) is 4.85. The molecule has 6 heterocycles. The molecule has 0 saturated carbocycles. The number of rotatable bonds is 5. The Morgan fingerprint density at radius 1 is 1.10 bits per heavy atom. The van der Waals surface area contributed by atoms with Gasteiger partial charge in [-0.2, -0.15) is 9.97 Å². The molecule has 4 aromatic rings. The van der Waals surface area contributed by atoms with E-state index in [4.69, 9.17) is 26.9 Å². The zero-order valence-corrected chi connectivity index (χ0v) is 26.8. The van der Waals surface area contributed by atoms with Crippen molar-refractivity contribution in [3.63, 3.8) is 0 Å². The Morgan fingerprint density at radius 3 is 2.65 bits per heavy atom. The van der Waals surface area contributed by atoms with Crippen LogP contribution in [0.25, 0.3) is 32.9 Å². The normalized spacial score (nSPS) is 25.0. The fourth-order valence-electron chi connectivity index (χ4n) is 8.45. The van der Waals surface area contributed by atoms with E-state index in [2.05, 4.69) is 21.1 Å². The number of halogens is 4. The van der Waals surface area contributed by atoms with Gasteiger partial charge in [-0.25, -0.2) is 22.5 Å². The molecule has 2 unspecified atom stereocenters.